The van der Waals surface area contributed by atoms with Gasteiger partial charge in [0.25, 0.3) is 0 Å². The zero-order valence-electron chi connectivity index (χ0n) is 15.4. The second-order valence-electron chi connectivity index (χ2n) is 6.46. The van der Waals surface area contributed by atoms with Gasteiger partial charge in [0.15, 0.2) is 5.96 Å². The third-order valence-electron chi connectivity index (χ3n) is 4.60. The molecule has 1 atom stereocenters. The van der Waals surface area contributed by atoms with Crippen LogP contribution in [0.2, 0.25) is 0 Å². The summed E-state index contributed by atoms with van der Waals surface area (Å²) in [5, 5.41) is 16.0. The lowest BCUT2D eigenvalue weighted by Crippen LogP contribution is -2.45. The number of rotatable bonds is 9. The van der Waals surface area contributed by atoms with E-state index < -0.39 is 0 Å². The highest BCUT2D eigenvalue weighted by Crippen LogP contribution is 2.31. The fraction of sp³-hybridized carbons (Fsp3) is 0.632. The zero-order valence-corrected chi connectivity index (χ0v) is 15.4. The Hall–Kier alpha value is -1.79. The summed E-state index contributed by atoms with van der Waals surface area (Å²) in [6.45, 7) is 5.87. The summed E-state index contributed by atoms with van der Waals surface area (Å²) < 4.78 is 11.1. The van der Waals surface area contributed by atoms with Crippen LogP contribution in [-0.2, 0) is 11.2 Å². The van der Waals surface area contributed by atoms with Crippen LogP contribution in [0.15, 0.2) is 29.3 Å². The van der Waals surface area contributed by atoms with Crippen molar-refractivity contribution in [2.75, 3.05) is 46.6 Å². The average Bonchev–Trinajstić information content (AvgIpc) is 3.08. The van der Waals surface area contributed by atoms with E-state index >= 15 is 0 Å². The van der Waals surface area contributed by atoms with Crippen LogP contribution in [0.3, 0.4) is 0 Å². The van der Waals surface area contributed by atoms with Crippen LogP contribution in [-0.4, -0.2) is 57.6 Å². The predicted octanol–water partition coefficient (Wildman–Crippen LogP) is 1.58. The lowest BCUT2D eigenvalue weighted by molar-refractivity contribution is 0.127. The molecule has 0 aliphatic carbocycles. The Balaban J connectivity index is 1.77. The second kappa shape index (κ2) is 10.3. The number of benzene rings is 1. The Morgan fingerprint density at radius 2 is 2.28 bits per heavy atom. The molecule has 1 fully saturated rings. The molecule has 1 unspecified atom stereocenters. The van der Waals surface area contributed by atoms with Gasteiger partial charge < -0.3 is 25.2 Å². The summed E-state index contributed by atoms with van der Waals surface area (Å²) in [5.41, 5.74) is 1.24. The molecule has 0 aromatic heterocycles. The number of nitrogens with zero attached hydrogens (tertiary/aromatic N) is 1. The molecule has 2 rings (SSSR count). The number of hydrogen-bond acceptors (Lipinski definition) is 4. The van der Waals surface area contributed by atoms with Crippen molar-refractivity contribution in [2.24, 2.45) is 10.4 Å². The van der Waals surface area contributed by atoms with Gasteiger partial charge in [-0.1, -0.05) is 12.1 Å². The van der Waals surface area contributed by atoms with E-state index in [-0.39, 0.29) is 12.0 Å². The van der Waals surface area contributed by atoms with Crippen molar-refractivity contribution >= 4 is 5.96 Å². The summed E-state index contributed by atoms with van der Waals surface area (Å²) in [6.07, 6.45) is 2.62. The van der Waals surface area contributed by atoms with E-state index in [0.717, 1.165) is 50.7 Å². The highest BCUT2D eigenvalue weighted by Gasteiger charge is 2.34. The third-order valence-corrected chi connectivity index (χ3v) is 4.60. The van der Waals surface area contributed by atoms with E-state index in [4.69, 9.17) is 9.47 Å². The van der Waals surface area contributed by atoms with Gasteiger partial charge in [0, 0.05) is 38.8 Å². The summed E-state index contributed by atoms with van der Waals surface area (Å²) in [7, 11) is 1.77. The number of aliphatic hydroxyl groups excluding tert-OH is 1. The molecule has 1 aromatic rings. The average molecular weight is 349 g/mol. The van der Waals surface area contributed by atoms with Gasteiger partial charge in [-0.2, -0.15) is 0 Å². The molecule has 0 saturated carbocycles. The van der Waals surface area contributed by atoms with Crippen LogP contribution in [0.1, 0.15) is 25.3 Å². The van der Waals surface area contributed by atoms with Gasteiger partial charge in [-0.15, -0.1) is 0 Å². The minimum atomic E-state index is 0.0121. The van der Waals surface area contributed by atoms with E-state index in [2.05, 4.69) is 27.8 Å². The van der Waals surface area contributed by atoms with Crippen molar-refractivity contribution in [3.63, 3.8) is 0 Å². The second-order valence-corrected chi connectivity index (χ2v) is 6.46. The number of aliphatic hydroxyl groups is 1. The molecule has 6 nitrogen and oxygen atoms in total. The van der Waals surface area contributed by atoms with Crippen LogP contribution >= 0.6 is 0 Å². The lowest BCUT2D eigenvalue weighted by atomic mass is 9.84. The minimum absolute atomic E-state index is 0.0121. The molecule has 0 spiro atoms. The zero-order chi connectivity index (χ0) is 18.0. The van der Waals surface area contributed by atoms with Gasteiger partial charge in [0.1, 0.15) is 5.75 Å². The highest BCUT2D eigenvalue weighted by atomic mass is 16.5. The quantitative estimate of drug-likeness (QED) is 0.466. The van der Waals surface area contributed by atoms with Crippen LogP contribution in [0.5, 0.6) is 5.75 Å². The monoisotopic (exact) mass is 349 g/mol. The van der Waals surface area contributed by atoms with Crippen molar-refractivity contribution in [1.29, 1.82) is 0 Å². The smallest absolute Gasteiger partial charge is 0.191 e. The van der Waals surface area contributed by atoms with Crippen molar-refractivity contribution < 1.29 is 14.6 Å². The summed E-state index contributed by atoms with van der Waals surface area (Å²) in [5.74, 6) is 1.69. The topological polar surface area (TPSA) is 75.1 Å². The first-order chi connectivity index (χ1) is 12.2. The molecule has 0 bridgehead atoms. The molecule has 1 heterocycles. The van der Waals surface area contributed by atoms with Gasteiger partial charge in [-0.3, -0.25) is 4.99 Å². The van der Waals surface area contributed by atoms with Crippen LogP contribution in [0, 0.1) is 5.41 Å². The molecule has 1 aliphatic rings. The molecule has 140 valence electrons. The van der Waals surface area contributed by atoms with Gasteiger partial charge in [0.05, 0.1) is 13.2 Å². The van der Waals surface area contributed by atoms with E-state index in [1.807, 2.05) is 19.1 Å². The van der Waals surface area contributed by atoms with Crippen LogP contribution < -0.4 is 15.4 Å². The van der Waals surface area contributed by atoms with E-state index in [9.17, 15) is 5.11 Å². The molecule has 1 aliphatic heterocycles. The van der Waals surface area contributed by atoms with E-state index in [1.54, 1.807) is 7.05 Å². The van der Waals surface area contributed by atoms with Crippen LogP contribution in [0.25, 0.3) is 0 Å². The summed E-state index contributed by atoms with van der Waals surface area (Å²) in [4.78, 5) is 4.28. The van der Waals surface area contributed by atoms with Gasteiger partial charge in [-0.25, -0.2) is 0 Å². The predicted molar refractivity (Wildman–Crippen MR) is 100 cm³/mol. The first-order valence-electron chi connectivity index (χ1n) is 9.06. The fourth-order valence-electron chi connectivity index (χ4n) is 3.09. The molecule has 0 radical (unpaired) electrons. The molecule has 1 saturated heterocycles. The molecule has 3 N–H and O–H groups in total. The molecule has 6 heteroatoms. The van der Waals surface area contributed by atoms with Crippen molar-refractivity contribution in [3.8, 4) is 5.75 Å². The minimum Gasteiger partial charge on any atom is -0.494 e. The van der Waals surface area contributed by atoms with Crippen molar-refractivity contribution in [2.45, 2.75) is 26.2 Å². The Bertz CT molecular complexity index is 542. The number of aliphatic imine (C=N–C) groups is 1. The van der Waals surface area contributed by atoms with E-state index in [0.29, 0.717) is 13.2 Å². The molecule has 0 amide bonds. The summed E-state index contributed by atoms with van der Waals surface area (Å²) in [6, 6.07) is 8.18. The van der Waals surface area contributed by atoms with Crippen molar-refractivity contribution in [3.05, 3.63) is 29.8 Å². The maximum atomic E-state index is 9.30. The van der Waals surface area contributed by atoms with Gasteiger partial charge in [0.2, 0.25) is 0 Å². The number of hydrogen-bond donors (Lipinski definition) is 3. The normalized spacial score (nSPS) is 20.5. The fourth-order valence-corrected chi connectivity index (χ4v) is 3.09. The van der Waals surface area contributed by atoms with Crippen molar-refractivity contribution in [1.82, 2.24) is 10.6 Å². The molecule has 25 heavy (non-hydrogen) atoms. The number of guanidine groups is 1. The first-order valence-corrected chi connectivity index (χ1v) is 9.06. The Labute approximate surface area is 150 Å². The summed E-state index contributed by atoms with van der Waals surface area (Å²) >= 11 is 0. The standard InChI is InChI=1S/C19H31N3O3/c1-3-25-17-6-4-5-16(13-17)7-10-21-18(20-2)22-14-19(8-11-23)9-12-24-15-19/h4-6,13,23H,3,7-12,14-15H2,1-2H3,(H2,20,21,22). The number of ether oxygens (including phenoxy) is 2. The maximum Gasteiger partial charge on any atom is 0.191 e. The third kappa shape index (κ3) is 6.21. The SMILES string of the molecule is CCOc1cccc(CCNC(=NC)NCC2(CCO)CCOC2)c1. The lowest BCUT2D eigenvalue weighted by Gasteiger charge is -2.27. The van der Waals surface area contributed by atoms with Crippen LogP contribution in [0.4, 0.5) is 0 Å². The van der Waals surface area contributed by atoms with Gasteiger partial charge >= 0.3 is 0 Å². The largest absolute Gasteiger partial charge is 0.494 e. The van der Waals surface area contributed by atoms with E-state index in [1.165, 1.54) is 5.56 Å². The molecule has 1 aromatic carbocycles. The Morgan fingerprint density at radius 1 is 1.40 bits per heavy atom. The Morgan fingerprint density at radius 3 is 2.96 bits per heavy atom. The Kier molecular flexibility index (Phi) is 8.01. The number of nitrogens with one attached hydrogen (secondary N) is 2. The first kappa shape index (κ1) is 19.5. The highest BCUT2D eigenvalue weighted by molar-refractivity contribution is 5.79. The maximum absolute atomic E-state index is 9.30. The molecular weight excluding hydrogens is 318 g/mol. The van der Waals surface area contributed by atoms with Gasteiger partial charge in [-0.05, 0) is 43.9 Å². The molecular formula is C19H31N3O3.